The third-order valence-electron chi connectivity index (χ3n) is 3.02. The molecule has 0 heterocycles. The van der Waals surface area contributed by atoms with E-state index in [1.54, 1.807) is 0 Å². The molecule has 4 nitrogen and oxygen atoms in total. The largest absolute Gasteiger partial charge is 0.460 e. The number of hydrogen-bond acceptors (Lipinski definition) is 3. The normalized spacial score (nSPS) is 15.9. The van der Waals surface area contributed by atoms with E-state index in [0.29, 0.717) is 0 Å². The predicted octanol–water partition coefficient (Wildman–Crippen LogP) is 4.81. The molecule has 32 heavy (non-hydrogen) atoms. The van der Waals surface area contributed by atoms with E-state index in [2.05, 4.69) is 0 Å². The van der Waals surface area contributed by atoms with Crippen LogP contribution in [-0.2, 0) is 10.1 Å². The molecule has 0 unspecified atom stereocenters. The maximum Gasteiger partial charge on any atom is 0.460 e. The lowest BCUT2D eigenvalue weighted by atomic mass is 9.91. The van der Waals surface area contributed by atoms with Crippen LogP contribution in [0.1, 0.15) is 6.92 Å². The smallest absolute Gasteiger partial charge is 0.331 e. The highest BCUT2D eigenvalue weighted by atomic mass is 32.2. The minimum absolute atomic E-state index is 0.750. The fourth-order valence-electron chi connectivity index (χ4n) is 1.31. The molecule has 0 spiro atoms. The second kappa shape index (κ2) is 8.47. The molecule has 0 rings (SSSR count). The fraction of sp³-hybridized carbons (Fsp3) is 1.00. The van der Waals surface area contributed by atoms with E-state index in [9.17, 15) is 83.1 Å². The van der Waals surface area contributed by atoms with Crippen LogP contribution in [0.15, 0.2) is 0 Å². The van der Waals surface area contributed by atoms with Crippen LogP contribution in [0.3, 0.4) is 0 Å². The summed E-state index contributed by atoms with van der Waals surface area (Å²) in [6.07, 6.45) is -7.88. The Kier molecular flexibility index (Phi) is 8.70. The summed E-state index contributed by atoms with van der Waals surface area (Å²) < 4.78 is 242. The lowest BCUT2D eigenvalue weighted by molar-refractivity contribution is -0.458. The summed E-state index contributed by atoms with van der Waals surface area (Å²) in [5.74, 6) is -52.0. The first-order chi connectivity index (χ1) is 13.4. The van der Waals surface area contributed by atoms with E-state index in [0.717, 1.165) is 6.54 Å². The molecule has 0 saturated heterocycles. The van der Waals surface area contributed by atoms with Crippen LogP contribution < -0.4 is 5.73 Å². The molecule has 0 aromatic rings. The minimum atomic E-state index is -8.89. The molecule has 0 bridgehead atoms. The number of alkyl halides is 17. The molecule has 0 aliphatic heterocycles. The molecule has 0 aromatic carbocycles. The van der Waals surface area contributed by atoms with Crippen molar-refractivity contribution in [3.63, 3.8) is 0 Å². The Morgan fingerprint density at radius 2 is 0.750 bits per heavy atom. The third-order valence-corrected chi connectivity index (χ3v) is 3.92. The van der Waals surface area contributed by atoms with Crippen molar-refractivity contribution in [1.82, 2.24) is 0 Å². The average Bonchev–Trinajstić information content (AvgIpc) is 2.52. The van der Waals surface area contributed by atoms with E-state index >= 15 is 0 Å². The van der Waals surface area contributed by atoms with Crippen molar-refractivity contribution >= 4 is 10.1 Å². The van der Waals surface area contributed by atoms with Gasteiger partial charge in [-0.05, 0) is 6.54 Å². The predicted molar refractivity (Wildman–Crippen MR) is 67.0 cm³/mol. The van der Waals surface area contributed by atoms with Crippen LogP contribution in [0.2, 0.25) is 0 Å². The fourth-order valence-corrected chi connectivity index (χ4v) is 1.76. The molecular weight excluding hydrogens is 537 g/mol. The van der Waals surface area contributed by atoms with Gasteiger partial charge in [-0.1, -0.05) is 6.92 Å². The van der Waals surface area contributed by atoms with Gasteiger partial charge in [-0.3, -0.25) is 4.55 Å². The van der Waals surface area contributed by atoms with Gasteiger partial charge in [0, 0.05) is 0 Å². The first kappa shape index (κ1) is 32.9. The van der Waals surface area contributed by atoms with Gasteiger partial charge in [0.05, 0.1) is 0 Å². The van der Waals surface area contributed by atoms with Crippen molar-refractivity contribution in [1.29, 1.82) is 0 Å². The van der Waals surface area contributed by atoms with Crippen LogP contribution in [0.25, 0.3) is 0 Å². The van der Waals surface area contributed by atoms with E-state index in [1.807, 2.05) is 6.92 Å². The number of hydrogen-bond donors (Lipinski definition) is 2. The van der Waals surface area contributed by atoms with Crippen LogP contribution in [0.5, 0.6) is 0 Å². The summed E-state index contributed by atoms with van der Waals surface area (Å²) >= 11 is 0. The molecule has 0 amide bonds. The topological polar surface area (TPSA) is 80.4 Å². The quantitative estimate of drug-likeness (QED) is 0.356. The third kappa shape index (κ3) is 4.40. The van der Waals surface area contributed by atoms with E-state index in [-0.39, 0.29) is 0 Å². The van der Waals surface area contributed by atoms with Crippen LogP contribution >= 0.6 is 0 Å². The number of nitrogens with two attached hydrogens (primary N) is 1. The Bertz CT molecular complexity index is 757. The Morgan fingerprint density at radius 1 is 0.562 bits per heavy atom. The molecule has 0 fully saturated rings. The minimum Gasteiger partial charge on any atom is -0.331 e. The average molecular weight is 545 g/mol. The van der Waals surface area contributed by atoms with Gasteiger partial charge in [0.15, 0.2) is 0 Å². The molecule has 0 saturated carbocycles. The molecule has 3 N–H and O–H groups in total. The molecular formula is C10H8F17NO3S. The number of rotatable bonds is 7. The van der Waals surface area contributed by atoms with Crippen molar-refractivity contribution in [3.8, 4) is 0 Å². The highest BCUT2D eigenvalue weighted by Crippen LogP contribution is 2.64. The summed E-state index contributed by atoms with van der Waals surface area (Å²) in [6.45, 7) is 2.65. The Labute approximate surface area is 165 Å². The van der Waals surface area contributed by atoms with Gasteiger partial charge in [-0.15, -0.1) is 0 Å². The molecule has 0 radical (unpaired) electrons. The van der Waals surface area contributed by atoms with Crippen LogP contribution in [0.4, 0.5) is 74.6 Å². The van der Waals surface area contributed by atoms with E-state index in [4.69, 9.17) is 10.3 Å². The molecule has 22 heteroatoms. The van der Waals surface area contributed by atoms with Gasteiger partial charge < -0.3 is 5.73 Å². The SMILES string of the molecule is CCN.O=S(=O)(O)C(F)(F)C(F)(F)C(F)(F)C(F)(F)C(F)(F)C(F)(F)C(F)(F)C(F)(F)F. The van der Waals surface area contributed by atoms with Crippen molar-refractivity contribution in [2.75, 3.05) is 6.54 Å². The first-order valence-electron chi connectivity index (χ1n) is 6.80. The van der Waals surface area contributed by atoms with Crippen LogP contribution in [0, 0.1) is 0 Å². The molecule has 0 aliphatic rings. The lowest BCUT2D eigenvalue weighted by Gasteiger charge is -2.42. The van der Waals surface area contributed by atoms with E-state index < -0.39 is 57.1 Å². The zero-order valence-corrected chi connectivity index (χ0v) is 15.2. The maximum absolute atomic E-state index is 13.0. The molecule has 0 atom stereocenters. The van der Waals surface area contributed by atoms with Crippen LogP contribution in [-0.4, -0.2) is 66.5 Å². The molecule has 196 valence electrons. The number of halogens is 17. The standard InChI is InChI=1S/C8HF17O3S.C2H7N/c9-1(10,3(13,14)5(17,18)7(21,22)23)2(11,12)4(15,16)6(19,20)8(24,25)29(26,27)28;1-2-3/h(H,26,27,28);2-3H2,1H3. The zero-order valence-electron chi connectivity index (χ0n) is 14.4. The van der Waals surface area contributed by atoms with Gasteiger partial charge >= 0.3 is 57.1 Å². The monoisotopic (exact) mass is 545 g/mol. The summed E-state index contributed by atoms with van der Waals surface area (Å²) in [5.41, 5.74) is 4.85. The second-order valence-corrected chi connectivity index (χ2v) is 6.81. The lowest BCUT2D eigenvalue weighted by Crippen LogP contribution is -2.74. The molecule has 0 aromatic heterocycles. The summed E-state index contributed by atoms with van der Waals surface area (Å²) in [6, 6.07) is 0. The highest BCUT2D eigenvalue weighted by Gasteiger charge is 2.96. The van der Waals surface area contributed by atoms with Crippen molar-refractivity contribution in [2.24, 2.45) is 5.73 Å². The first-order valence-corrected chi connectivity index (χ1v) is 8.24. The zero-order chi connectivity index (χ0) is 27.2. The Hall–Kier alpha value is -1.32. The Morgan fingerprint density at radius 3 is 0.938 bits per heavy atom. The van der Waals surface area contributed by atoms with Crippen molar-refractivity contribution in [3.05, 3.63) is 0 Å². The summed E-state index contributed by atoms with van der Waals surface area (Å²) in [5, 5.41) is -7.84. The van der Waals surface area contributed by atoms with Gasteiger partial charge in [-0.25, -0.2) is 0 Å². The van der Waals surface area contributed by atoms with Gasteiger partial charge in [0.2, 0.25) is 0 Å². The summed E-state index contributed by atoms with van der Waals surface area (Å²) in [7, 11) is -7.89. The maximum atomic E-state index is 13.0. The van der Waals surface area contributed by atoms with Crippen molar-refractivity contribution in [2.45, 2.75) is 53.9 Å². The second-order valence-electron chi connectivity index (χ2n) is 5.34. The molecule has 0 aliphatic carbocycles. The van der Waals surface area contributed by atoms with Gasteiger partial charge in [-0.2, -0.15) is 83.1 Å². The highest BCUT2D eigenvalue weighted by molar-refractivity contribution is 7.87. The van der Waals surface area contributed by atoms with E-state index in [1.165, 1.54) is 0 Å². The van der Waals surface area contributed by atoms with Crippen molar-refractivity contribution < 1.29 is 87.6 Å². The Balaban J connectivity index is 0. The summed E-state index contributed by atoms with van der Waals surface area (Å²) in [4.78, 5) is 0. The van der Waals surface area contributed by atoms with Gasteiger partial charge in [0.1, 0.15) is 0 Å². The van der Waals surface area contributed by atoms with Gasteiger partial charge in [0.25, 0.3) is 0 Å².